The number of carbonyl (C=O) groups is 2. The van der Waals surface area contributed by atoms with Gasteiger partial charge in [0.15, 0.2) is 0 Å². The van der Waals surface area contributed by atoms with Crippen LogP contribution in [0.25, 0.3) is 0 Å². The summed E-state index contributed by atoms with van der Waals surface area (Å²) in [6, 6.07) is 0. The monoisotopic (exact) mass is 229 g/mol. The molecule has 2 N–H and O–H groups in total. The topological polar surface area (TPSA) is 117 Å². The van der Waals surface area contributed by atoms with Crippen molar-refractivity contribution in [3.63, 3.8) is 0 Å². The van der Waals surface area contributed by atoms with Gasteiger partial charge in [-0.25, -0.2) is 0 Å². The molecule has 8 heteroatoms. The SMILES string of the molecule is Cc1nnc(CN(CC(=O)O)CC(=O)O)o1. The van der Waals surface area contributed by atoms with E-state index in [1.807, 2.05) is 0 Å². The molecule has 0 aromatic carbocycles. The predicted molar refractivity (Wildman–Crippen MR) is 49.6 cm³/mol. The van der Waals surface area contributed by atoms with Gasteiger partial charge in [-0.15, -0.1) is 10.2 Å². The standard InChI is InChI=1S/C8H11N3O5/c1-5-9-10-6(16-5)2-11(3-7(12)13)4-8(14)15/h2-4H2,1H3,(H,12,13)(H,14,15). The lowest BCUT2D eigenvalue weighted by molar-refractivity contribution is -0.142. The van der Waals surface area contributed by atoms with E-state index < -0.39 is 25.0 Å². The van der Waals surface area contributed by atoms with Crippen LogP contribution in [0.4, 0.5) is 0 Å². The highest BCUT2D eigenvalue weighted by atomic mass is 16.4. The van der Waals surface area contributed by atoms with Gasteiger partial charge in [0, 0.05) is 6.92 Å². The molecule has 8 nitrogen and oxygen atoms in total. The number of nitrogens with zero attached hydrogens (tertiary/aromatic N) is 3. The predicted octanol–water partition coefficient (Wildman–Crippen LogP) is -0.651. The normalized spacial score (nSPS) is 10.6. The van der Waals surface area contributed by atoms with Crippen LogP contribution >= 0.6 is 0 Å². The molecule has 1 heterocycles. The lowest BCUT2D eigenvalue weighted by atomic mass is 10.4. The van der Waals surface area contributed by atoms with Crippen LogP contribution in [-0.2, 0) is 16.1 Å². The fourth-order valence-corrected chi connectivity index (χ4v) is 1.14. The van der Waals surface area contributed by atoms with E-state index in [9.17, 15) is 9.59 Å². The summed E-state index contributed by atoms with van der Waals surface area (Å²) in [4.78, 5) is 22.1. The van der Waals surface area contributed by atoms with Crippen molar-refractivity contribution in [3.05, 3.63) is 11.8 Å². The second-order valence-corrected chi connectivity index (χ2v) is 3.15. The Morgan fingerprint density at radius 3 is 2.19 bits per heavy atom. The average molecular weight is 229 g/mol. The van der Waals surface area contributed by atoms with E-state index in [1.54, 1.807) is 6.92 Å². The summed E-state index contributed by atoms with van der Waals surface area (Å²) in [5.74, 6) is -1.68. The average Bonchev–Trinajstić information content (AvgIpc) is 2.48. The van der Waals surface area contributed by atoms with Gasteiger partial charge in [0.05, 0.1) is 19.6 Å². The zero-order valence-electron chi connectivity index (χ0n) is 8.58. The minimum absolute atomic E-state index is 0.000556. The Hall–Kier alpha value is -1.96. The number of rotatable bonds is 6. The summed E-state index contributed by atoms with van der Waals surface area (Å²) in [6.07, 6.45) is 0. The molecule has 0 fully saturated rings. The van der Waals surface area contributed by atoms with Crippen molar-refractivity contribution < 1.29 is 24.2 Å². The molecule has 88 valence electrons. The molecule has 0 aliphatic carbocycles. The Labute approximate surface area is 90.5 Å². The van der Waals surface area contributed by atoms with Gasteiger partial charge in [-0.1, -0.05) is 0 Å². The molecule has 1 rings (SSSR count). The van der Waals surface area contributed by atoms with Crippen LogP contribution in [0.2, 0.25) is 0 Å². The molecule has 0 aliphatic heterocycles. The molecule has 0 unspecified atom stereocenters. The van der Waals surface area contributed by atoms with Crippen molar-refractivity contribution in [1.29, 1.82) is 0 Å². The molecular weight excluding hydrogens is 218 g/mol. The zero-order chi connectivity index (χ0) is 12.1. The van der Waals surface area contributed by atoms with E-state index >= 15 is 0 Å². The Kier molecular flexibility index (Phi) is 3.95. The second kappa shape index (κ2) is 5.21. The number of aromatic nitrogens is 2. The molecule has 16 heavy (non-hydrogen) atoms. The molecule has 0 aliphatic rings. The van der Waals surface area contributed by atoms with Crippen LogP contribution in [-0.4, -0.2) is 50.3 Å². The third-order valence-corrected chi connectivity index (χ3v) is 1.64. The highest BCUT2D eigenvalue weighted by Crippen LogP contribution is 2.02. The van der Waals surface area contributed by atoms with Crippen LogP contribution < -0.4 is 0 Å². The first kappa shape index (κ1) is 12.1. The van der Waals surface area contributed by atoms with E-state index in [2.05, 4.69) is 10.2 Å². The molecule has 0 saturated carbocycles. The fourth-order valence-electron chi connectivity index (χ4n) is 1.14. The third-order valence-electron chi connectivity index (χ3n) is 1.64. The van der Waals surface area contributed by atoms with Gasteiger partial charge >= 0.3 is 11.9 Å². The first-order chi connectivity index (χ1) is 7.47. The van der Waals surface area contributed by atoms with Gasteiger partial charge in [0.25, 0.3) is 0 Å². The molecule has 1 aromatic rings. The molecular formula is C8H11N3O5. The number of hydrogen-bond acceptors (Lipinski definition) is 6. The van der Waals surface area contributed by atoms with Crippen LogP contribution in [0.5, 0.6) is 0 Å². The zero-order valence-corrected chi connectivity index (χ0v) is 8.58. The maximum atomic E-state index is 10.5. The number of aryl methyl sites for hydroxylation is 1. The molecule has 0 atom stereocenters. The van der Waals surface area contributed by atoms with Crippen molar-refractivity contribution in [1.82, 2.24) is 15.1 Å². The third kappa shape index (κ3) is 4.05. The van der Waals surface area contributed by atoms with Crippen molar-refractivity contribution >= 4 is 11.9 Å². The summed E-state index contributed by atoms with van der Waals surface area (Å²) in [7, 11) is 0. The van der Waals surface area contributed by atoms with E-state index in [4.69, 9.17) is 14.6 Å². The van der Waals surface area contributed by atoms with Crippen LogP contribution in [0.3, 0.4) is 0 Å². The van der Waals surface area contributed by atoms with Gasteiger partial charge in [-0.3, -0.25) is 14.5 Å². The summed E-state index contributed by atoms with van der Waals surface area (Å²) in [6.45, 7) is 0.802. The Bertz CT molecular complexity index is 373. The lowest BCUT2D eigenvalue weighted by Crippen LogP contribution is -2.34. The highest BCUT2D eigenvalue weighted by Gasteiger charge is 2.16. The van der Waals surface area contributed by atoms with Gasteiger partial charge in [-0.05, 0) is 0 Å². The van der Waals surface area contributed by atoms with Crippen molar-refractivity contribution in [2.45, 2.75) is 13.5 Å². The summed E-state index contributed by atoms with van der Waals surface area (Å²) < 4.78 is 5.03. The molecule has 1 aromatic heterocycles. The van der Waals surface area contributed by atoms with E-state index in [1.165, 1.54) is 4.90 Å². The van der Waals surface area contributed by atoms with Gasteiger partial charge < -0.3 is 14.6 Å². The minimum atomic E-state index is -1.11. The van der Waals surface area contributed by atoms with E-state index in [0.29, 0.717) is 5.89 Å². The Morgan fingerprint density at radius 2 is 1.81 bits per heavy atom. The summed E-state index contributed by atoms with van der Waals surface area (Å²) in [5, 5.41) is 24.4. The lowest BCUT2D eigenvalue weighted by Gasteiger charge is -2.14. The first-order valence-electron chi connectivity index (χ1n) is 4.42. The maximum absolute atomic E-state index is 10.5. The largest absolute Gasteiger partial charge is 0.480 e. The minimum Gasteiger partial charge on any atom is -0.480 e. The first-order valence-corrected chi connectivity index (χ1v) is 4.42. The van der Waals surface area contributed by atoms with Crippen LogP contribution in [0.15, 0.2) is 4.42 Å². The van der Waals surface area contributed by atoms with Crippen molar-refractivity contribution in [2.24, 2.45) is 0 Å². The fraction of sp³-hybridized carbons (Fsp3) is 0.500. The maximum Gasteiger partial charge on any atom is 0.317 e. The number of carboxylic acid groups (broad SMARTS) is 2. The van der Waals surface area contributed by atoms with E-state index in [0.717, 1.165) is 0 Å². The molecule has 0 saturated heterocycles. The van der Waals surface area contributed by atoms with Crippen LogP contribution in [0.1, 0.15) is 11.8 Å². The Balaban J connectivity index is 2.62. The molecule has 0 spiro atoms. The smallest absolute Gasteiger partial charge is 0.317 e. The second-order valence-electron chi connectivity index (χ2n) is 3.15. The number of hydrogen-bond donors (Lipinski definition) is 2. The van der Waals surface area contributed by atoms with Crippen molar-refractivity contribution in [2.75, 3.05) is 13.1 Å². The molecule has 0 bridgehead atoms. The Morgan fingerprint density at radius 1 is 1.25 bits per heavy atom. The number of aliphatic carboxylic acids is 2. The van der Waals surface area contributed by atoms with Crippen molar-refractivity contribution in [3.8, 4) is 0 Å². The highest BCUT2D eigenvalue weighted by molar-refractivity contribution is 5.72. The quantitative estimate of drug-likeness (QED) is 0.660. The van der Waals surface area contributed by atoms with E-state index in [-0.39, 0.29) is 12.4 Å². The number of carboxylic acids is 2. The van der Waals surface area contributed by atoms with Crippen LogP contribution in [0, 0.1) is 6.92 Å². The molecule has 0 radical (unpaired) electrons. The molecule has 0 amide bonds. The van der Waals surface area contributed by atoms with Gasteiger partial charge in [0.2, 0.25) is 11.8 Å². The van der Waals surface area contributed by atoms with Gasteiger partial charge in [-0.2, -0.15) is 0 Å². The summed E-state index contributed by atoms with van der Waals surface area (Å²) >= 11 is 0. The summed E-state index contributed by atoms with van der Waals surface area (Å²) in [5.41, 5.74) is 0. The van der Waals surface area contributed by atoms with Gasteiger partial charge in [0.1, 0.15) is 0 Å².